The summed E-state index contributed by atoms with van der Waals surface area (Å²) in [5, 5.41) is 13.1. The van der Waals surface area contributed by atoms with Gasteiger partial charge >= 0.3 is 0 Å². The van der Waals surface area contributed by atoms with Crippen LogP contribution in [0.1, 0.15) is 23.1 Å². The predicted octanol–water partition coefficient (Wildman–Crippen LogP) is 7.10. The van der Waals surface area contributed by atoms with E-state index in [9.17, 15) is 4.79 Å². The number of carbonyl (C=O) groups is 1. The Bertz CT molecular complexity index is 1520. The van der Waals surface area contributed by atoms with Crippen molar-refractivity contribution in [3.05, 3.63) is 144 Å². The van der Waals surface area contributed by atoms with E-state index in [1.54, 1.807) is 0 Å². The molecular weight excluding hydrogens is 466 g/mol. The third-order valence-corrected chi connectivity index (χ3v) is 7.52. The highest BCUT2D eigenvalue weighted by Gasteiger charge is 2.48. The Hall–Kier alpha value is -4.57. The highest BCUT2D eigenvalue weighted by molar-refractivity contribution is 5.92. The molecule has 0 bridgehead atoms. The second-order valence-electron chi connectivity index (χ2n) is 9.91. The summed E-state index contributed by atoms with van der Waals surface area (Å²) in [7, 11) is 0. The van der Waals surface area contributed by atoms with Gasteiger partial charge in [-0.2, -0.15) is 0 Å². The van der Waals surface area contributed by atoms with Gasteiger partial charge in [-0.3, -0.25) is 4.79 Å². The summed E-state index contributed by atoms with van der Waals surface area (Å²) in [5.41, 5.74) is 4.55. The molecular formula is C34H31N3O. The van der Waals surface area contributed by atoms with Crippen LogP contribution in [0.25, 0.3) is 10.8 Å². The molecule has 6 rings (SSSR count). The molecule has 0 saturated heterocycles. The van der Waals surface area contributed by atoms with Crippen molar-refractivity contribution in [1.82, 2.24) is 5.32 Å². The van der Waals surface area contributed by atoms with Crippen LogP contribution in [0.3, 0.4) is 0 Å². The molecule has 4 heteroatoms. The number of hydrogen-bond donors (Lipinski definition) is 3. The number of hydrogen-bond acceptors (Lipinski definition) is 3. The van der Waals surface area contributed by atoms with Crippen LogP contribution in [0.2, 0.25) is 0 Å². The molecule has 5 aromatic carbocycles. The lowest BCUT2D eigenvalue weighted by Gasteiger charge is -2.39. The number of nitrogens with one attached hydrogen (secondary N) is 3. The maximum absolute atomic E-state index is 14.2. The molecule has 0 aliphatic carbocycles. The summed E-state index contributed by atoms with van der Waals surface area (Å²) in [6, 6.07) is 43.5. The van der Waals surface area contributed by atoms with Gasteiger partial charge in [-0.05, 0) is 46.9 Å². The molecule has 0 spiro atoms. The molecule has 1 aliphatic rings. The molecule has 38 heavy (non-hydrogen) atoms. The first-order valence-corrected chi connectivity index (χ1v) is 13.2. The Morgan fingerprint density at radius 1 is 0.658 bits per heavy atom. The van der Waals surface area contributed by atoms with Crippen molar-refractivity contribution in [2.75, 3.05) is 10.6 Å². The molecule has 0 radical (unpaired) electrons. The number of amides is 1. The zero-order valence-corrected chi connectivity index (χ0v) is 21.2. The first-order valence-electron chi connectivity index (χ1n) is 13.2. The third kappa shape index (κ3) is 4.61. The number of carbonyl (C=O) groups excluding carboxylic acids is 1. The van der Waals surface area contributed by atoms with Gasteiger partial charge in [0.25, 0.3) is 0 Å². The van der Waals surface area contributed by atoms with Crippen molar-refractivity contribution in [3.8, 4) is 0 Å². The number of para-hydroxylation sites is 2. The molecule has 1 heterocycles. The van der Waals surface area contributed by atoms with Crippen LogP contribution in [-0.2, 0) is 23.4 Å². The number of rotatable bonds is 8. The summed E-state index contributed by atoms with van der Waals surface area (Å²) >= 11 is 0. The molecule has 1 aliphatic heterocycles. The molecule has 1 unspecified atom stereocenters. The van der Waals surface area contributed by atoms with Crippen molar-refractivity contribution >= 4 is 28.1 Å². The Kier molecular flexibility index (Phi) is 6.53. The normalized spacial score (nSPS) is 14.2. The molecule has 0 fully saturated rings. The van der Waals surface area contributed by atoms with Crippen LogP contribution < -0.4 is 16.0 Å². The molecule has 1 amide bonds. The van der Waals surface area contributed by atoms with E-state index in [-0.39, 0.29) is 5.91 Å². The van der Waals surface area contributed by atoms with Crippen LogP contribution in [0.4, 0.5) is 11.4 Å². The third-order valence-electron chi connectivity index (χ3n) is 7.52. The van der Waals surface area contributed by atoms with Gasteiger partial charge in [-0.1, -0.05) is 115 Å². The maximum Gasteiger partial charge on any atom is 0.228 e. The minimum absolute atomic E-state index is 0.0190. The van der Waals surface area contributed by atoms with E-state index in [4.69, 9.17) is 0 Å². The van der Waals surface area contributed by atoms with Crippen molar-refractivity contribution in [2.45, 2.75) is 25.0 Å². The fourth-order valence-corrected chi connectivity index (χ4v) is 5.63. The first kappa shape index (κ1) is 23.8. The minimum Gasteiger partial charge on any atom is -0.357 e. The topological polar surface area (TPSA) is 53.2 Å². The standard InChI is InChI=1S/C34H31N3O/c38-33(35-24-26-14-5-2-6-15-26)30(23-22-25-12-3-1-4-13-25)34(36-31-20-9-10-21-32(31)37-34)29-19-11-17-27-16-7-8-18-28(27)29/h1-21,30,36-37H,22-24H2,(H,35,38). The summed E-state index contributed by atoms with van der Waals surface area (Å²) < 4.78 is 0. The zero-order chi connectivity index (χ0) is 25.8. The molecule has 1 atom stereocenters. The Morgan fingerprint density at radius 3 is 1.95 bits per heavy atom. The summed E-state index contributed by atoms with van der Waals surface area (Å²) in [6.07, 6.45) is 1.46. The quantitative estimate of drug-likeness (QED) is 0.214. The smallest absolute Gasteiger partial charge is 0.228 e. The van der Waals surface area contributed by atoms with Crippen LogP contribution in [0.15, 0.2) is 127 Å². The van der Waals surface area contributed by atoms with Crippen LogP contribution >= 0.6 is 0 Å². The van der Waals surface area contributed by atoms with Crippen molar-refractivity contribution in [2.24, 2.45) is 5.92 Å². The Labute approximate surface area is 223 Å². The number of anilines is 2. The summed E-state index contributed by atoms with van der Waals surface area (Å²) in [6.45, 7) is 0.486. The van der Waals surface area contributed by atoms with E-state index in [0.29, 0.717) is 13.0 Å². The fourth-order valence-electron chi connectivity index (χ4n) is 5.63. The summed E-state index contributed by atoms with van der Waals surface area (Å²) in [4.78, 5) is 14.2. The van der Waals surface area contributed by atoms with Gasteiger partial charge in [0, 0.05) is 12.1 Å². The predicted molar refractivity (Wildman–Crippen MR) is 156 cm³/mol. The van der Waals surface area contributed by atoms with Crippen LogP contribution in [0, 0.1) is 5.92 Å². The first-order chi connectivity index (χ1) is 18.7. The lowest BCUT2D eigenvalue weighted by molar-refractivity contribution is -0.127. The number of fused-ring (bicyclic) bond motifs is 2. The molecule has 188 valence electrons. The molecule has 4 nitrogen and oxygen atoms in total. The summed E-state index contributed by atoms with van der Waals surface area (Å²) in [5.74, 6) is -0.379. The number of aryl methyl sites for hydroxylation is 1. The minimum atomic E-state index is -0.819. The monoisotopic (exact) mass is 497 g/mol. The lowest BCUT2D eigenvalue weighted by Crippen LogP contribution is -2.52. The fraction of sp³-hybridized carbons (Fsp3) is 0.147. The van der Waals surface area contributed by atoms with E-state index in [2.05, 4.69) is 94.8 Å². The van der Waals surface area contributed by atoms with Gasteiger partial charge in [-0.25, -0.2) is 0 Å². The molecule has 5 aromatic rings. The highest BCUT2D eigenvalue weighted by Crippen LogP contribution is 2.47. The Balaban J connectivity index is 1.44. The van der Waals surface area contributed by atoms with E-state index in [0.717, 1.165) is 39.7 Å². The van der Waals surface area contributed by atoms with Crippen LogP contribution in [0.5, 0.6) is 0 Å². The van der Waals surface area contributed by atoms with Gasteiger partial charge in [0.2, 0.25) is 5.91 Å². The van der Waals surface area contributed by atoms with Crippen molar-refractivity contribution in [1.29, 1.82) is 0 Å². The van der Waals surface area contributed by atoms with Gasteiger partial charge in [0.05, 0.1) is 17.3 Å². The van der Waals surface area contributed by atoms with Gasteiger partial charge in [-0.15, -0.1) is 0 Å². The van der Waals surface area contributed by atoms with Crippen molar-refractivity contribution in [3.63, 3.8) is 0 Å². The second kappa shape index (κ2) is 10.4. The molecule has 0 aromatic heterocycles. The maximum atomic E-state index is 14.2. The van der Waals surface area contributed by atoms with Crippen LogP contribution in [-0.4, -0.2) is 5.91 Å². The van der Waals surface area contributed by atoms with E-state index >= 15 is 0 Å². The van der Waals surface area contributed by atoms with Gasteiger partial charge in [0.1, 0.15) is 5.66 Å². The zero-order valence-electron chi connectivity index (χ0n) is 21.2. The van der Waals surface area contributed by atoms with E-state index in [1.165, 1.54) is 5.56 Å². The lowest BCUT2D eigenvalue weighted by atomic mass is 9.79. The van der Waals surface area contributed by atoms with E-state index in [1.807, 2.05) is 48.5 Å². The van der Waals surface area contributed by atoms with Gasteiger partial charge < -0.3 is 16.0 Å². The average Bonchev–Trinajstić information content (AvgIpc) is 3.37. The SMILES string of the molecule is O=C(NCc1ccccc1)C(CCc1ccccc1)C1(c2cccc3ccccc23)Nc2ccccc2N1. The van der Waals surface area contributed by atoms with Gasteiger partial charge in [0.15, 0.2) is 0 Å². The average molecular weight is 498 g/mol. The highest BCUT2D eigenvalue weighted by atomic mass is 16.2. The van der Waals surface area contributed by atoms with Crippen molar-refractivity contribution < 1.29 is 4.79 Å². The molecule has 3 N–H and O–H groups in total. The number of benzene rings is 5. The Morgan fingerprint density at radius 2 is 1.24 bits per heavy atom. The largest absolute Gasteiger partial charge is 0.357 e. The molecule has 0 saturated carbocycles. The second-order valence-corrected chi connectivity index (χ2v) is 9.91. The van der Waals surface area contributed by atoms with E-state index < -0.39 is 11.6 Å².